The number of hydrogen-bond acceptors (Lipinski definition) is 4. The van der Waals surface area contributed by atoms with Gasteiger partial charge in [-0.15, -0.1) is 0 Å². The van der Waals surface area contributed by atoms with Crippen molar-refractivity contribution in [3.63, 3.8) is 0 Å². The van der Waals surface area contributed by atoms with Crippen molar-refractivity contribution in [2.45, 2.75) is 32.1 Å². The monoisotopic (exact) mass is 163 g/mol. The Balaban J connectivity index is 3.98. The molecule has 2 atom stereocenters. The van der Waals surface area contributed by atoms with E-state index in [4.69, 9.17) is 15.9 Å². The van der Waals surface area contributed by atoms with Crippen LogP contribution in [-0.2, 0) is 0 Å². The summed E-state index contributed by atoms with van der Waals surface area (Å²) >= 11 is 0. The Hall–Kier alpha value is -0.160. The maximum absolute atomic E-state index is 9.32. The summed E-state index contributed by atoms with van der Waals surface area (Å²) in [6, 6.07) is 0. The lowest BCUT2D eigenvalue weighted by atomic mass is 9.96. The van der Waals surface area contributed by atoms with Crippen molar-refractivity contribution in [3.05, 3.63) is 0 Å². The zero-order chi connectivity index (χ0) is 9.07. The van der Waals surface area contributed by atoms with Crippen LogP contribution in [0.3, 0.4) is 0 Å². The molecular weight excluding hydrogens is 146 g/mol. The van der Waals surface area contributed by atoms with Gasteiger partial charge in [0.05, 0.1) is 6.61 Å². The Morgan fingerprint density at radius 1 is 1.45 bits per heavy atom. The molecule has 0 aliphatic heterocycles. The van der Waals surface area contributed by atoms with E-state index in [2.05, 4.69) is 0 Å². The van der Waals surface area contributed by atoms with Gasteiger partial charge in [-0.1, -0.05) is 13.8 Å². The van der Waals surface area contributed by atoms with Gasteiger partial charge in [0.25, 0.3) is 0 Å². The number of rotatable bonds is 4. The summed E-state index contributed by atoms with van der Waals surface area (Å²) < 4.78 is 0. The molecule has 0 heterocycles. The van der Waals surface area contributed by atoms with Gasteiger partial charge in [-0.25, -0.2) is 0 Å². The molecule has 0 aromatic carbocycles. The summed E-state index contributed by atoms with van der Waals surface area (Å²) in [6.45, 7) is 3.24. The number of nitrogens with two attached hydrogens (primary N) is 1. The van der Waals surface area contributed by atoms with Gasteiger partial charge in [-0.2, -0.15) is 0 Å². The predicted octanol–water partition coefficient (Wildman–Crippen LogP) is -0.967. The molecule has 0 aromatic rings. The average molecular weight is 163 g/mol. The molecule has 4 heteroatoms. The first kappa shape index (κ1) is 10.8. The van der Waals surface area contributed by atoms with Crippen molar-refractivity contribution in [2.75, 3.05) is 6.61 Å². The molecular formula is C7H17NO3. The normalized spacial score (nSPS) is 19.9. The second-order valence-corrected chi connectivity index (χ2v) is 3.29. The molecule has 0 saturated carbocycles. The third kappa shape index (κ3) is 3.67. The molecule has 4 nitrogen and oxygen atoms in total. The third-order valence-electron chi connectivity index (χ3n) is 1.49. The topological polar surface area (TPSA) is 86.7 Å². The molecule has 0 aliphatic rings. The predicted molar refractivity (Wildman–Crippen MR) is 41.7 cm³/mol. The molecule has 11 heavy (non-hydrogen) atoms. The minimum atomic E-state index is -1.66. The van der Waals surface area contributed by atoms with Crippen LogP contribution in [0, 0.1) is 5.92 Å². The molecule has 0 amide bonds. The van der Waals surface area contributed by atoms with E-state index in [1.54, 1.807) is 0 Å². The fourth-order valence-electron chi connectivity index (χ4n) is 0.948. The lowest BCUT2D eigenvalue weighted by molar-refractivity contribution is -0.101. The molecule has 0 aliphatic carbocycles. The molecule has 0 aromatic heterocycles. The second-order valence-electron chi connectivity index (χ2n) is 3.29. The van der Waals surface area contributed by atoms with Crippen molar-refractivity contribution in [2.24, 2.45) is 11.7 Å². The number of hydrogen-bond donors (Lipinski definition) is 4. The van der Waals surface area contributed by atoms with E-state index in [0.717, 1.165) is 0 Å². The van der Waals surface area contributed by atoms with Gasteiger partial charge in [0.15, 0.2) is 0 Å². The summed E-state index contributed by atoms with van der Waals surface area (Å²) in [4.78, 5) is 0. The summed E-state index contributed by atoms with van der Waals surface area (Å²) in [5.74, 6) is 0.186. The van der Waals surface area contributed by atoms with Crippen LogP contribution < -0.4 is 5.73 Å². The molecule has 0 radical (unpaired) electrons. The maximum Gasteiger partial charge on any atom is 0.142 e. The van der Waals surface area contributed by atoms with E-state index >= 15 is 0 Å². The Labute approximate surface area is 66.7 Å². The van der Waals surface area contributed by atoms with Crippen LogP contribution >= 0.6 is 0 Å². The van der Waals surface area contributed by atoms with E-state index < -0.39 is 18.4 Å². The van der Waals surface area contributed by atoms with Crippen molar-refractivity contribution < 1.29 is 15.3 Å². The van der Waals surface area contributed by atoms with Crippen molar-refractivity contribution >= 4 is 0 Å². The molecule has 0 fully saturated rings. The summed E-state index contributed by atoms with van der Waals surface area (Å²) in [6.07, 6.45) is -0.987. The first-order valence-corrected chi connectivity index (χ1v) is 3.70. The van der Waals surface area contributed by atoms with E-state index in [-0.39, 0.29) is 12.3 Å². The average Bonchev–Trinajstić information content (AvgIpc) is 1.83. The molecule has 0 saturated heterocycles. The Morgan fingerprint density at radius 3 is 2.18 bits per heavy atom. The lowest BCUT2D eigenvalue weighted by Gasteiger charge is -2.28. The van der Waals surface area contributed by atoms with Crippen LogP contribution in [0.5, 0.6) is 0 Å². The Bertz CT molecular complexity index is 114. The van der Waals surface area contributed by atoms with Crippen LogP contribution in [0.1, 0.15) is 20.3 Å². The lowest BCUT2D eigenvalue weighted by Crippen LogP contribution is -2.53. The van der Waals surface area contributed by atoms with Crippen molar-refractivity contribution in [3.8, 4) is 0 Å². The van der Waals surface area contributed by atoms with E-state index in [1.165, 1.54) is 0 Å². The molecule has 0 bridgehead atoms. The van der Waals surface area contributed by atoms with E-state index in [1.807, 2.05) is 13.8 Å². The van der Waals surface area contributed by atoms with Gasteiger partial charge in [-0.05, 0) is 12.3 Å². The van der Waals surface area contributed by atoms with E-state index in [0.29, 0.717) is 0 Å². The minimum absolute atomic E-state index is 0.186. The molecule has 0 spiro atoms. The van der Waals surface area contributed by atoms with Gasteiger partial charge in [-0.3, -0.25) is 0 Å². The summed E-state index contributed by atoms with van der Waals surface area (Å²) in [5, 5.41) is 26.8. The van der Waals surface area contributed by atoms with E-state index in [9.17, 15) is 5.11 Å². The van der Waals surface area contributed by atoms with Gasteiger partial charge in [0.2, 0.25) is 0 Å². The second kappa shape index (κ2) is 4.01. The van der Waals surface area contributed by atoms with Gasteiger partial charge in [0.1, 0.15) is 11.8 Å². The summed E-state index contributed by atoms with van der Waals surface area (Å²) in [5.41, 5.74) is 3.65. The SMILES string of the molecule is CC(C)CC(N)(O)C(O)CO. The fourth-order valence-corrected chi connectivity index (χ4v) is 0.948. The summed E-state index contributed by atoms with van der Waals surface area (Å²) in [7, 11) is 0. The highest BCUT2D eigenvalue weighted by Gasteiger charge is 2.30. The highest BCUT2D eigenvalue weighted by molar-refractivity contribution is 4.80. The quantitative estimate of drug-likeness (QED) is 0.402. The Kier molecular flexibility index (Phi) is 3.96. The minimum Gasteiger partial charge on any atom is -0.394 e. The van der Waals surface area contributed by atoms with Gasteiger partial charge < -0.3 is 21.1 Å². The zero-order valence-corrected chi connectivity index (χ0v) is 6.99. The molecule has 5 N–H and O–H groups in total. The molecule has 68 valence electrons. The largest absolute Gasteiger partial charge is 0.394 e. The molecule has 0 rings (SSSR count). The fraction of sp³-hybridized carbons (Fsp3) is 1.00. The maximum atomic E-state index is 9.32. The van der Waals surface area contributed by atoms with Crippen LogP contribution in [0.25, 0.3) is 0 Å². The van der Waals surface area contributed by atoms with Crippen molar-refractivity contribution in [1.29, 1.82) is 0 Å². The first-order valence-electron chi connectivity index (χ1n) is 3.70. The Morgan fingerprint density at radius 2 is 1.91 bits per heavy atom. The number of aliphatic hydroxyl groups is 3. The third-order valence-corrected chi connectivity index (χ3v) is 1.49. The highest BCUT2D eigenvalue weighted by Crippen LogP contribution is 2.14. The van der Waals surface area contributed by atoms with Gasteiger partial charge >= 0.3 is 0 Å². The van der Waals surface area contributed by atoms with Gasteiger partial charge in [0, 0.05) is 0 Å². The van der Waals surface area contributed by atoms with Crippen LogP contribution in [0.4, 0.5) is 0 Å². The number of aliphatic hydroxyl groups excluding tert-OH is 2. The van der Waals surface area contributed by atoms with Crippen molar-refractivity contribution in [1.82, 2.24) is 0 Å². The zero-order valence-electron chi connectivity index (χ0n) is 6.99. The van der Waals surface area contributed by atoms with Crippen LogP contribution in [0.2, 0.25) is 0 Å². The standard InChI is InChI=1S/C7H17NO3/c1-5(2)3-7(8,11)6(10)4-9/h5-6,9-11H,3-4,8H2,1-2H3. The highest BCUT2D eigenvalue weighted by atomic mass is 16.4. The van der Waals surface area contributed by atoms with Crippen LogP contribution in [0.15, 0.2) is 0 Å². The molecule has 2 unspecified atom stereocenters. The smallest absolute Gasteiger partial charge is 0.142 e. The van der Waals surface area contributed by atoms with Crippen LogP contribution in [-0.4, -0.2) is 33.8 Å². The first-order chi connectivity index (χ1) is 4.90.